The van der Waals surface area contributed by atoms with E-state index in [9.17, 15) is 0 Å². The predicted octanol–water partition coefficient (Wildman–Crippen LogP) is 11.1. The first-order chi connectivity index (χ1) is 23.1. The fourth-order valence-corrected chi connectivity index (χ4v) is 7.78. The van der Waals surface area contributed by atoms with E-state index in [2.05, 4.69) is 146 Å². The molecule has 0 fully saturated rings. The molecule has 0 saturated carbocycles. The highest BCUT2D eigenvalue weighted by Crippen LogP contribution is 2.51. The predicted molar refractivity (Wildman–Crippen MR) is 192 cm³/mol. The van der Waals surface area contributed by atoms with E-state index >= 15 is 0 Å². The Bertz CT molecular complexity index is 2700. The zero-order chi connectivity index (χ0) is 31.3. The number of hydrogen-bond donors (Lipinski definition) is 0. The van der Waals surface area contributed by atoms with Crippen molar-refractivity contribution in [3.63, 3.8) is 0 Å². The summed E-state index contributed by atoms with van der Waals surface area (Å²) in [5, 5.41) is 4.70. The van der Waals surface area contributed by atoms with Crippen molar-refractivity contribution in [3.05, 3.63) is 151 Å². The summed E-state index contributed by atoms with van der Waals surface area (Å²) in [4.78, 5) is 10.5. The fraction of sp³-hybridized carbons (Fsp3) is 0.0698. The van der Waals surface area contributed by atoms with Crippen molar-refractivity contribution < 1.29 is 4.42 Å². The monoisotopic (exact) mass is 603 g/mol. The van der Waals surface area contributed by atoms with Crippen LogP contribution in [0.1, 0.15) is 25.0 Å². The zero-order valence-electron chi connectivity index (χ0n) is 26.0. The highest BCUT2D eigenvalue weighted by atomic mass is 16.3. The number of furan rings is 1. The van der Waals surface area contributed by atoms with E-state index < -0.39 is 0 Å². The number of hydrogen-bond acceptors (Lipinski definition) is 3. The summed E-state index contributed by atoms with van der Waals surface area (Å²) in [6.45, 7) is 4.57. The van der Waals surface area contributed by atoms with E-state index in [1.165, 1.54) is 27.5 Å². The highest BCUT2D eigenvalue weighted by molar-refractivity contribution is 6.17. The van der Waals surface area contributed by atoms with Gasteiger partial charge in [-0.25, -0.2) is 9.97 Å². The zero-order valence-corrected chi connectivity index (χ0v) is 26.0. The molecular weight excluding hydrogens is 574 g/mol. The number of benzene rings is 6. The molecule has 0 unspecified atom stereocenters. The maximum absolute atomic E-state index is 6.32. The van der Waals surface area contributed by atoms with Crippen molar-refractivity contribution in [2.75, 3.05) is 0 Å². The van der Waals surface area contributed by atoms with Crippen LogP contribution in [0.2, 0.25) is 0 Å². The van der Waals surface area contributed by atoms with Crippen LogP contribution in [-0.2, 0) is 5.41 Å². The minimum atomic E-state index is -0.207. The van der Waals surface area contributed by atoms with Crippen LogP contribution in [0.4, 0.5) is 0 Å². The van der Waals surface area contributed by atoms with E-state index in [0.717, 1.165) is 67.0 Å². The smallest absolute Gasteiger partial charge is 0.160 e. The number of para-hydroxylation sites is 2. The third kappa shape index (κ3) is 3.70. The van der Waals surface area contributed by atoms with Gasteiger partial charge in [0, 0.05) is 61.0 Å². The number of nitrogens with zero attached hydrogens (tertiary/aromatic N) is 3. The summed E-state index contributed by atoms with van der Waals surface area (Å²) in [7, 11) is 0. The molecule has 0 aliphatic heterocycles. The molecule has 4 nitrogen and oxygen atoms in total. The molecule has 0 atom stereocenters. The summed E-state index contributed by atoms with van der Waals surface area (Å²) in [5.74, 6) is 0.730. The summed E-state index contributed by atoms with van der Waals surface area (Å²) in [6, 6.07) is 49.2. The first-order valence-corrected chi connectivity index (χ1v) is 16.1. The molecule has 47 heavy (non-hydrogen) atoms. The van der Waals surface area contributed by atoms with Crippen LogP contribution >= 0.6 is 0 Å². The molecule has 9 aromatic rings. The Kier molecular flexibility index (Phi) is 5.31. The van der Waals surface area contributed by atoms with Crippen LogP contribution in [0, 0.1) is 0 Å². The standard InChI is InChI=1S/C43H29N3O/c1-43(2)34-17-9-6-16-31(34)41-39(43)40(26-12-4-3-5-13-26)44-42(45-41)27-20-22-28(23-21-27)46-35-18-10-7-14-29(35)32-24-33-30-15-8-11-19-37(30)47-38(33)25-36(32)46/h3-25H,1-2H3. The Morgan fingerprint density at radius 1 is 0.532 bits per heavy atom. The number of rotatable bonds is 3. The van der Waals surface area contributed by atoms with E-state index in [0.29, 0.717) is 0 Å². The van der Waals surface area contributed by atoms with Crippen molar-refractivity contribution in [2.45, 2.75) is 19.3 Å². The van der Waals surface area contributed by atoms with E-state index in [1.54, 1.807) is 0 Å². The van der Waals surface area contributed by atoms with Crippen LogP contribution < -0.4 is 0 Å². The van der Waals surface area contributed by atoms with Gasteiger partial charge in [0.15, 0.2) is 5.82 Å². The SMILES string of the molecule is CC1(C)c2ccccc2-c2nc(-c3ccc(-n4c5ccccc5c5cc6c(cc54)oc4ccccc46)cc3)nc(-c3ccccc3)c21. The molecule has 4 heteroatoms. The molecule has 0 radical (unpaired) electrons. The molecule has 0 N–H and O–H groups in total. The quantitative estimate of drug-likeness (QED) is 0.202. The van der Waals surface area contributed by atoms with E-state index in [4.69, 9.17) is 14.4 Å². The lowest BCUT2D eigenvalue weighted by Gasteiger charge is -2.23. The Morgan fingerprint density at radius 2 is 1.23 bits per heavy atom. The largest absolute Gasteiger partial charge is 0.456 e. The first-order valence-electron chi connectivity index (χ1n) is 16.1. The van der Waals surface area contributed by atoms with Crippen molar-refractivity contribution in [2.24, 2.45) is 0 Å². The van der Waals surface area contributed by atoms with Crippen molar-refractivity contribution in [3.8, 4) is 39.6 Å². The van der Waals surface area contributed by atoms with Crippen molar-refractivity contribution in [1.29, 1.82) is 0 Å². The summed E-state index contributed by atoms with van der Waals surface area (Å²) < 4.78 is 8.65. The lowest BCUT2D eigenvalue weighted by atomic mass is 9.81. The van der Waals surface area contributed by atoms with Gasteiger partial charge >= 0.3 is 0 Å². The molecule has 1 aliphatic rings. The minimum absolute atomic E-state index is 0.207. The average molecular weight is 604 g/mol. The van der Waals surface area contributed by atoms with Gasteiger partial charge in [0.2, 0.25) is 0 Å². The Labute approximate surface area is 271 Å². The van der Waals surface area contributed by atoms with Gasteiger partial charge in [0.05, 0.1) is 22.4 Å². The van der Waals surface area contributed by atoms with Gasteiger partial charge in [-0.1, -0.05) is 105 Å². The molecule has 0 bridgehead atoms. The molecule has 222 valence electrons. The van der Waals surface area contributed by atoms with Gasteiger partial charge in [-0.3, -0.25) is 0 Å². The highest BCUT2D eigenvalue weighted by Gasteiger charge is 2.39. The number of fused-ring (bicyclic) bond motifs is 9. The van der Waals surface area contributed by atoms with Crippen molar-refractivity contribution >= 4 is 43.7 Å². The van der Waals surface area contributed by atoms with E-state index in [-0.39, 0.29) is 5.41 Å². The average Bonchev–Trinajstić information content (AvgIpc) is 3.72. The minimum Gasteiger partial charge on any atom is -0.456 e. The summed E-state index contributed by atoms with van der Waals surface area (Å²) in [5.41, 5.74) is 12.7. The lowest BCUT2D eigenvalue weighted by Crippen LogP contribution is -2.17. The Morgan fingerprint density at radius 3 is 2.09 bits per heavy atom. The fourth-order valence-electron chi connectivity index (χ4n) is 7.78. The van der Waals surface area contributed by atoms with Gasteiger partial charge in [0.1, 0.15) is 11.2 Å². The molecule has 1 aliphatic carbocycles. The first kappa shape index (κ1) is 26.2. The summed E-state index contributed by atoms with van der Waals surface area (Å²) in [6.07, 6.45) is 0. The van der Waals surface area contributed by atoms with Gasteiger partial charge in [-0.05, 0) is 48.0 Å². The van der Waals surface area contributed by atoms with Crippen LogP contribution in [0.15, 0.2) is 144 Å². The van der Waals surface area contributed by atoms with Crippen LogP contribution in [-0.4, -0.2) is 14.5 Å². The van der Waals surface area contributed by atoms with Gasteiger partial charge in [0.25, 0.3) is 0 Å². The second-order valence-corrected chi connectivity index (χ2v) is 13.0. The van der Waals surface area contributed by atoms with Gasteiger partial charge < -0.3 is 8.98 Å². The maximum atomic E-state index is 6.32. The van der Waals surface area contributed by atoms with Gasteiger partial charge in [-0.15, -0.1) is 0 Å². The third-order valence-electron chi connectivity index (χ3n) is 9.99. The van der Waals surface area contributed by atoms with Crippen LogP contribution in [0.3, 0.4) is 0 Å². The molecule has 10 rings (SSSR count). The van der Waals surface area contributed by atoms with Crippen LogP contribution in [0.5, 0.6) is 0 Å². The maximum Gasteiger partial charge on any atom is 0.160 e. The number of aromatic nitrogens is 3. The van der Waals surface area contributed by atoms with Gasteiger partial charge in [-0.2, -0.15) is 0 Å². The lowest BCUT2D eigenvalue weighted by molar-refractivity contribution is 0.658. The topological polar surface area (TPSA) is 43.9 Å². The van der Waals surface area contributed by atoms with E-state index in [1.807, 2.05) is 12.1 Å². The normalized spacial score (nSPS) is 13.5. The Hall–Kier alpha value is -6.00. The van der Waals surface area contributed by atoms with Crippen LogP contribution in [0.25, 0.3) is 83.3 Å². The molecule has 3 heterocycles. The second-order valence-electron chi connectivity index (χ2n) is 13.0. The molecule has 3 aromatic heterocycles. The second kappa shape index (κ2) is 9.51. The Balaban J connectivity index is 1.16. The molecule has 0 spiro atoms. The molecular formula is C43H29N3O. The summed E-state index contributed by atoms with van der Waals surface area (Å²) >= 11 is 0. The third-order valence-corrected chi connectivity index (χ3v) is 9.99. The molecule has 6 aromatic carbocycles. The molecule has 0 amide bonds. The van der Waals surface area contributed by atoms with Crippen molar-refractivity contribution in [1.82, 2.24) is 14.5 Å². The molecule has 0 saturated heterocycles.